The third kappa shape index (κ3) is 23.2. The topological polar surface area (TPSA) is 145 Å². The minimum absolute atomic E-state index is 0.0443. The molecule has 0 bridgehead atoms. The molecule has 0 saturated carbocycles. The molecular formula is C34H64N4O8S2. The molecule has 2 fully saturated rings. The Morgan fingerprint density at radius 2 is 1.27 bits per heavy atom. The lowest BCUT2D eigenvalue weighted by Gasteiger charge is -2.16. The number of hydrogen-bond acceptors (Lipinski definition) is 11. The first-order valence-electron chi connectivity index (χ1n) is 18.4. The number of carbonyl (C=O) groups excluding carboxylic acids is 3. The number of urea groups is 1. The molecule has 3 atom stereocenters. The van der Waals surface area contributed by atoms with Gasteiger partial charge in [-0.3, -0.25) is 9.59 Å². The van der Waals surface area contributed by atoms with Crippen LogP contribution in [0.1, 0.15) is 103 Å². The Balaban J connectivity index is 1.20. The molecule has 4 N–H and O–H groups in total. The summed E-state index contributed by atoms with van der Waals surface area (Å²) in [6, 6.07) is 0.476. The number of rotatable bonds is 34. The van der Waals surface area contributed by atoms with E-state index in [1.807, 2.05) is 11.8 Å². The van der Waals surface area contributed by atoms with Crippen molar-refractivity contribution in [2.45, 2.75) is 120 Å². The van der Waals surface area contributed by atoms with Gasteiger partial charge in [0.2, 0.25) is 5.91 Å². The molecule has 0 aliphatic carbocycles. The lowest BCUT2D eigenvalue weighted by Crippen LogP contribution is -2.36. The van der Waals surface area contributed by atoms with Crippen LogP contribution < -0.4 is 21.4 Å². The van der Waals surface area contributed by atoms with Gasteiger partial charge in [0.05, 0.1) is 71.4 Å². The van der Waals surface area contributed by atoms with Crippen LogP contribution >= 0.6 is 24.4 Å². The SMILES string of the molecule is O=C(CCCCCC1SCC2NC(=O)NC21)NCCOCCOCCOCCOCCC(=O)ONCCCCCCCCCCCCS. The summed E-state index contributed by atoms with van der Waals surface area (Å²) in [5, 5.41) is 9.36. The maximum atomic E-state index is 12.0. The normalized spacial score (nSPS) is 18.4. The van der Waals surface area contributed by atoms with Crippen LogP contribution in [0, 0.1) is 0 Å². The van der Waals surface area contributed by atoms with Crippen molar-refractivity contribution in [1.82, 2.24) is 21.4 Å². The summed E-state index contributed by atoms with van der Waals surface area (Å²) < 4.78 is 21.9. The molecule has 48 heavy (non-hydrogen) atoms. The number of fused-ring (bicyclic) bond motifs is 1. The maximum absolute atomic E-state index is 12.0. The van der Waals surface area contributed by atoms with Crippen molar-refractivity contribution in [3.8, 4) is 0 Å². The van der Waals surface area contributed by atoms with Crippen molar-refractivity contribution >= 4 is 42.3 Å². The fourth-order valence-electron chi connectivity index (χ4n) is 5.62. The number of carbonyl (C=O) groups is 3. The number of nitrogens with one attached hydrogen (secondary N) is 4. The van der Waals surface area contributed by atoms with Crippen LogP contribution in [0.25, 0.3) is 0 Å². The fourth-order valence-corrected chi connectivity index (χ4v) is 7.39. The van der Waals surface area contributed by atoms with Crippen molar-refractivity contribution < 1.29 is 38.2 Å². The standard InChI is InChI=1S/C34H64N4O8S2/c39-31(15-11-9-10-14-30-33-29(28-48-30)37-34(41)38-33)35-18-20-43-22-24-45-26-25-44-23-21-42-19-16-32(40)46-36-17-12-7-5-3-1-2-4-6-8-13-27-47/h29-30,33,36,47H,1-28H2,(H,35,39)(H2,37,38,41). The second-order valence-corrected chi connectivity index (χ2v) is 14.1. The molecule has 0 aromatic heterocycles. The number of thioether (sulfide) groups is 1. The van der Waals surface area contributed by atoms with E-state index in [0.717, 1.165) is 50.0 Å². The molecule has 0 aromatic carbocycles. The van der Waals surface area contributed by atoms with E-state index < -0.39 is 0 Å². The second-order valence-electron chi connectivity index (χ2n) is 12.4. The predicted molar refractivity (Wildman–Crippen MR) is 194 cm³/mol. The highest BCUT2D eigenvalue weighted by Crippen LogP contribution is 2.33. The third-order valence-corrected chi connectivity index (χ3v) is 10.2. The number of unbranched alkanes of at least 4 members (excludes halogenated alkanes) is 11. The Hall–Kier alpha value is -1.29. The van der Waals surface area contributed by atoms with Crippen molar-refractivity contribution in [3.05, 3.63) is 0 Å². The number of amides is 3. The second kappa shape index (κ2) is 30.5. The highest BCUT2D eigenvalue weighted by molar-refractivity contribution is 8.00. The summed E-state index contributed by atoms with van der Waals surface area (Å²) in [4.78, 5) is 40.3. The minimum atomic E-state index is -0.314. The Bertz CT molecular complexity index is 832. The Morgan fingerprint density at radius 1 is 0.688 bits per heavy atom. The van der Waals surface area contributed by atoms with E-state index in [1.54, 1.807) is 0 Å². The van der Waals surface area contributed by atoms with Crippen LogP contribution in [-0.4, -0.2) is 113 Å². The van der Waals surface area contributed by atoms with Crippen LogP contribution in [-0.2, 0) is 33.4 Å². The van der Waals surface area contributed by atoms with Gasteiger partial charge in [0.1, 0.15) is 0 Å². The minimum Gasteiger partial charge on any atom is -0.378 e. The molecule has 0 aromatic rings. The number of hydroxylamine groups is 1. The summed E-state index contributed by atoms with van der Waals surface area (Å²) in [7, 11) is 0. The summed E-state index contributed by atoms with van der Waals surface area (Å²) in [6.07, 6.45) is 17.3. The quantitative estimate of drug-likeness (QED) is 0.0278. The zero-order chi connectivity index (χ0) is 34.3. The van der Waals surface area contributed by atoms with E-state index in [1.165, 1.54) is 51.4 Å². The number of hydrogen-bond donors (Lipinski definition) is 5. The Kier molecular flexibility index (Phi) is 27.3. The zero-order valence-electron chi connectivity index (χ0n) is 29.2. The molecule has 2 aliphatic heterocycles. The number of thiol groups is 1. The van der Waals surface area contributed by atoms with Gasteiger partial charge in [0.25, 0.3) is 0 Å². The predicted octanol–water partition coefficient (Wildman–Crippen LogP) is 4.55. The van der Waals surface area contributed by atoms with Crippen molar-refractivity contribution in [3.63, 3.8) is 0 Å². The van der Waals surface area contributed by atoms with Crippen molar-refractivity contribution in [2.75, 3.05) is 77.5 Å². The molecule has 3 unspecified atom stereocenters. The number of ether oxygens (including phenoxy) is 4. The molecule has 12 nitrogen and oxygen atoms in total. The van der Waals surface area contributed by atoms with Gasteiger partial charge in [-0.2, -0.15) is 29.9 Å². The van der Waals surface area contributed by atoms with Crippen LogP contribution in [0.5, 0.6) is 0 Å². The van der Waals surface area contributed by atoms with Gasteiger partial charge < -0.3 is 39.7 Å². The highest BCUT2D eigenvalue weighted by atomic mass is 32.2. The van der Waals surface area contributed by atoms with E-state index in [2.05, 4.69) is 34.1 Å². The van der Waals surface area contributed by atoms with E-state index in [4.69, 9.17) is 23.8 Å². The summed E-state index contributed by atoms with van der Waals surface area (Å²) >= 11 is 6.17. The van der Waals surface area contributed by atoms with Crippen molar-refractivity contribution in [1.29, 1.82) is 0 Å². The lowest BCUT2D eigenvalue weighted by molar-refractivity contribution is -0.152. The fraction of sp³-hybridized carbons (Fsp3) is 0.912. The van der Waals surface area contributed by atoms with Crippen LogP contribution in [0.3, 0.4) is 0 Å². The molecule has 2 saturated heterocycles. The molecule has 0 spiro atoms. The Morgan fingerprint density at radius 3 is 1.94 bits per heavy atom. The van der Waals surface area contributed by atoms with E-state index >= 15 is 0 Å². The molecule has 280 valence electrons. The third-order valence-electron chi connectivity index (χ3n) is 8.34. The van der Waals surface area contributed by atoms with E-state index in [9.17, 15) is 14.4 Å². The van der Waals surface area contributed by atoms with Gasteiger partial charge in [0.15, 0.2) is 0 Å². The first kappa shape index (κ1) is 42.9. The smallest absolute Gasteiger partial charge is 0.327 e. The van der Waals surface area contributed by atoms with Gasteiger partial charge in [-0.25, -0.2) is 4.79 Å². The van der Waals surface area contributed by atoms with Gasteiger partial charge in [-0.1, -0.05) is 64.2 Å². The molecule has 2 aliphatic rings. The molecule has 0 radical (unpaired) electrons. The summed E-state index contributed by atoms with van der Waals surface area (Å²) in [5.41, 5.74) is 2.76. The molecule has 2 rings (SSSR count). The average Bonchev–Trinajstić information content (AvgIpc) is 3.63. The monoisotopic (exact) mass is 720 g/mol. The summed E-state index contributed by atoms with van der Waals surface area (Å²) in [5.74, 6) is 1.73. The summed E-state index contributed by atoms with van der Waals surface area (Å²) in [6.45, 7) is 4.59. The van der Waals surface area contributed by atoms with Crippen LogP contribution in [0.4, 0.5) is 4.79 Å². The maximum Gasteiger partial charge on any atom is 0.327 e. The largest absolute Gasteiger partial charge is 0.378 e. The zero-order valence-corrected chi connectivity index (χ0v) is 30.9. The van der Waals surface area contributed by atoms with Gasteiger partial charge in [0, 0.05) is 30.5 Å². The highest BCUT2D eigenvalue weighted by Gasteiger charge is 2.42. The first-order chi connectivity index (χ1) is 23.6. The van der Waals surface area contributed by atoms with E-state index in [0.29, 0.717) is 77.6 Å². The van der Waals surface area contributed by atoms with Gasteiger partial charge in [-0.15, -0.1) is 0 Å². The van der Waals surface area contributed by atoms with Crippen molar-refractivity contribution in [2.24, 2.45) is 0 Å². The Labute approximate surface area is 298 Å². The van der Waals surface area contributed by atoms with Crippen LogP contribution in [0.2, 0.25) is 0 Å². The molecule has 14 heteroatoms. The molecule has 3 amide bonds. The lowest BCUT2D eigenvalue weighted by atomic mass is 10.0. The first-order valence-corrected chi connectivity index (χ1v) is 20.1. The average molecular weight is 721 g/mol. The van der Waals surface area contributed by atoms with Crippen LogP contribution in [0.15, 0.2) is 0 Å². The molecule has 2 heterocycles. The molecular weight excluding hydrogens is 657 g/mol. The van der Waals surface area contributed by atoms with E-state index in [-0.39, 0.29) is 36.4 Å². The van der Waals surface area contributed by atoms with Gasteiger partial charge >= 0.3 is 12.0 Å². The van der Waals surface area contributed by atoms with Gasteiger partial charge in [-0.05, 0) is 31.4 Å².